The van der Waals surface area contributed by atoms with Crippen molar-refractivity contribution in [3.63, 3.8) is 0 Å². The topological polar surface area (TPSA) is 24.9 Å². The summed E-state index contributed by atoms with van der Waals surface area (Å²) in [5, 5.41) is 5.12. The van der Waals surface area contributed by atoms with Crippen LogP contribution in [0.4, 0.5) is 0 Å². The van der Waals surface area contributed by atoms with E-state index in [4.69, 9.17) is 4.98 Å². The van der Waals surface area contributed by atoms with Crippen molar-refractivity contribution < 1.29 is 0 Å². The first-order valence-corrected chi connectivity index (χ1v) is 9.69. The minimum absolute atomic E-state index is 0.701. The first-order chi connectivity index (χ1) is 10.2. The number of hydrogen-bond acceptors (Lipinski definition) is 3. The van der Waals surface area contributed by atoms with E-state index in [2.05, 4.69) is 26.1 Å². The lowest BCUT2D eigenvalue weighted by molar-refractivity contribution is 0.520. The van der Waals surface area contributed by atoms with Crippen LogP contribution in [-0.4, -0.2) is 11.0 Å². The molecule has 3 rings (SSSR count). The summed E-state index contributed by atoms with van der Waals surface area (Å²) in [4.78, 5) is 6.60. The van der Waals surface area contributed by atoms with Crippen molar-refractivity contribution in [2.75, 3.05) is 0 Å². The fraction of sp³-hybridized carbons (Fsp3) is 0.833. The molecule has 0 amide bonds. The van der Waals surface area contributed by atoms with Crippen LogP contribution >= 0.6 is 11.3 Å². The van der Waals surface area contributed by atoms with Gasteiger partial charge in [0.1, 0.15) is 0 Å². The van der Waals surface area contributed by atoms with Crippen molar-refractivity contribution >= 4 is 11.3 Å². The maximum atomic E-state index is 5.08. The average Bonchev–Trinajstić information content (AvgIpc) is 3.00. The standard InChI is InChI=1S/C18H30N2S/c1-4-13-5-6-14(10-13)18-20-16(9-12(2)3)17(21-18)11-19-15-7-8-15/h12-15,19H,4-11H2,1-3H3. The highest BCUT2D eigenvalue weighted by atomic mass is 32.1. The summed E-state index contributed by atoms with van der Waals surface area (Å²) < 4.78 is 0. The minimum Gasteiger partial charge on any atom is -0.309 e. The number of nitrogens with zero attached hydrogens (tertiary/aromatic N) is 1. The van der Waals surface area contributed by atoms with Gasteiger partial charge >= 0.3 is 0 Å². The third kappa shape index (κ3) is 4.07. The molecule has 2 aliphatic rings. The van der Waals surface area contributed by atoms with E-state index in [-0.39, 0.29) is 0 Å². The summed E-state index contributed by atoms with van der Waals surface area (Å²) in [5.74, 6) is 2.40. The van der Waals surface area contributed by atoms with Crippen molar-refractivity contribution in [2.24, 2.45) is 11.8 Å². The first kappa shape index (κ1) is 15.5. The van der Waals surface area contributed by atoms with Gasteiger partial charge in [-0.1, -0.05) is 27.2 Å². The number of hydrogen-bond donors (Lipinski definition) is 1. The highest BCUT2D eigenvalue weighted by Gasteiger charge is 2.28. The van der Waals surface area contributed by atoms with E-state index in [0.29, 0.717) is 5.92 Å². The SMILES string of the molecule is CCC1CCC(c2nc(CC(C)C)c(CNC3CC3)s2)C1. The molecule has 2 aliphatic carbocycles. The van der Waals surface area contributed by atoms with Crippen molar-refractivity contribution in [1.29, 1.82) is 0 Å². The third-order valence-electron chi connectivity index (χ3n) is 4.99. The molecule has 1 aromatic heterocycles. The van der Waals surface area contributed by atoms with Crippen molar-refractivity contribution in [3.8, 4) is 0 Å². The molecular formula is C18H30N2S. The number of thiazole rings is 1. The number of aromatic nitrogens is 1. The Kier molecular flexibility index (Phi) is 5.00. The van der Waals surface area contributed by atoms with Crippen LogP contribution in [0.25, 0.3) is 0 Å². The van der Waals surface area contributed by atoms with Gasteiger partial charge in [0.15, 0.2) is 0 Å². The van der Waals surface area contributed by atoms with Crippen LogP contribution in [0.2, 0.25) is 0 Å². The van der Waals surface area contributed by atoms with E-state index in [1.54, 1.807) is 0 Å². The van der Waals surface area contributed by atoms with Crippen LogP contribution < -0.4 is 5.32 Å². The molecule has 2 unspecified atom stereocenters. The zero-order valence-electron chi connectivity index (χ0n) is 13.8. The highest BCUT2D eigenvalue weighted by Crippen LogP contribution is 2.42. The van der Waals surface area contributed by atoms with Gasteiger partial charge in [0.25, 0.3) is 0 Å². The third-order valence-corrected chi connectivity index (χ3v) is 6.25. The van der Waals surface area contributed by atoms with Crippen LogP contribution in [0.15, 0.2) is 0 Å². The van der Waals surface area contributed by atoms with Crippen molar-refractivity contribution in [3.05, 3.63) is 15.6 Å². The summed E-state index contributed by atoms with van der Waals surface area (Å²) in [6.45, 7) is 8.00. The molecule has 1 heterocycles. The van der Waals surface area contributed by atoms with E-state index in [1.807, 2.05) is 11.3 Å². The second kappa shape index (κ2) is 6.78. The molecule has 1 aromatic rings. The van der Waals surface area contributed by atoms with Gasteiger partial charge < -0.3 is 5.32 Å². The molecule has 21 heavy (non-hydrogen) atoms. The second-order valence-corrected chi connectivity index (χ2v) is 8.57. The molecule has 2 atom stereocenters. The Balaban J connectivity index is 1.70. The molecule has 1 N–H and O–H groups in total. The maximum absolute atomic E-state index is 5.08. The molecule has 0 bridgehead atoms. The van der Waals surface area contributed by atoms with Gasteiger partial charge in [-0.05, 0) is 50.4 Å². The predicted molar refractivity (Wildman–Crippen MR) is 90.9 cm³/mol. The van der Waals surface area contributed by atoms with Crippen LogP contribution in [0, 0.1) is 11.8 Å². The van der Waals surface area contributed by atoms with Crippen molar-refractivity contribution in [2.45, 2.75) is 84.2 Å². The Labute approximate surface area is 133 Å². The molecule has 0 radical (unpaired) electrons. The second-order valence-electron chi connectivity index (χ2n) is 7.46. The van der Waals surface area contributed by atoms with Crippen LogP contribution in [0.3, 0.4) is 0 Å². The smallest absolute Gasteiger partial charge is 0.0962 e. The van der Waals surface area contributed by atoms with Crippen molar-refractivity contribution in [1.82, 2.24) is 10.3 Å². The zero-order chi connectivity index (χ0) is 14.8. The molecule has 0 aromatic carbocycles. The Bertz CT molecular complexity index is 462. The van der Waals surface area contributed by atoms with Gasteiger partial charge in [-0.25, -0.2) is 4.98 Å². The monoisotopic (exact) mass is 306 g/mol. The summed E-state index contributed by atoms with van der Waals surface area (Å²) in [6, 6.07) is 0.790. The van der Waals surface area contributed by atoms with Crippen LogP contribution in [-0.2, 0) is 13.0 Å². The molecule has 0 aliphatic heterocycles. The Morgan fingerprint density at radius 1 is 1.24 bits per heavy atom. The quantitative estimate of drug-likeness (QED) is 0.776. The van der Waals surface area contributed by atoms with E-state index >= 15 is 0 Å². The number of nitrogens with one attached hydrogen (secondary N) is 1. The summed E-state index contributed by atoms with van der Waals surface area (Å²) in [6.07, 6.45) is 9.37. The van der Waals surface area contributed by atoms with Gasteiger partial charge in [-0.15, -0.1) is 11.3 Å². The maximum Gasteiger partial charge on any atom is 0.0962 e. The lowest BCUT2D eigenvalue weighted by Gasteiger charge is -2.06. The van der Waals surface area contributed by atoms with Crippen LogP contribution in [0.5, 0.6) is 0 Å². The fourth-order valence-corrected chi connectivity index (χ4v) is 4.65. The predicted octanol–water partition coefficient (Wildman–Crippen LogP) is 4.89. The van der Waals surface area contributed by atoms with E-state index < -0.39 is 0 Å². The molecular weight excluding hydrogens is 276 g/mol. The van der Waals surface area contributed by atoms with Gasteiger partial charge in [0.05, 0.1) is 10.7 Å². The zero-order valence-corrected chi connectivity index (χ0v) is 14.6. The minimum atomic E-state index is 0.701. The van der Waals surface area contributed by atoms with Gasteiger partial charge in [0, 0.05) is 23.4 Å². The molecule has 0 saturated heterocycles. The Morgan fingerprint density at radius 3 is 2.67 bits per heavy atom. The first-order valence-electron chi connectivity index (χ1n) is 8.87. The fourth-order valence-electron chi connectivity index (χ4n) is 3.46. The largest absolute Gasteiger partial charge is 0.309 e. The van der Waals surface area contributed by atoms with E-state index in [0.717, 1.165) is 30.8 Å². The molecule has 118 valence electrons. The van der Waals surface area contributed by atoms with E-state index in [1.165, 1.54) is 54.1 Å². The normalized spacial score (nSPS) is 25.9. The Hall–Kier alpha value is -0.410. The summed E-state index contributed by atoms with van der Waals surface area (Å²) in [7, 11) is 0. The average molecular weight is 307 g/mol. The van der Waals surface area contributed by atoms with Gasteiger partial charge in [-0.2, -0.15) is 0 Å². The molecule has 2 saturated carbocycles. The van der Waals surface area contributed by atoms with Gasteiger partial charge in [0.2, 0.25) is 0 Å². The highest BCUT2D eigenvalue weighted by molar-refractivity contribution is 7.11. The summed E-state index contributed by atoms with van der Waals surface area (Å²) in [5.41, 5.74) is 1.39. The molecule has 0 spiro atoms. The lowest BCUT2D eigenvalue weighted by Crippen LogP contribution is -2.15. The number of rotatable bonds is 7. The molecule has 3 heteroatoms. The van der Waals surface area contributed by atoms with Crippen LogP contribution in [0.1, 0.15) is 80.8 Å². The van der Waals surface area contributed by atoms with E-state index in [9.17, 15) is 0 Å². The van der Waals surface area contributed by atoms with Gasteiger partial charge in [-0.3, -0.25) is 0 Å². The molecule has 2 nitrogen and oxygen atoms in total. The molecule has 2 fully saturated rings. The Morgan fingerprint density at radius 2 is 2.05 bits per heavy atom. The lowest BCUT2D eigenvalue weighted by atomic mass is 10.0. The summed E-state index contributed by atoms with van der Waals surface area (Å²) >= 11 is 2.01.